The summed E-state index contributed by atoms with van der Waals surface area (Å²) in [5.41, 5.74) is 1.48. The number of aromatic hydroxyl groups is 2. The Morgan fingerprint density at radius 2 is 1.48 bits per heavy atom. The maximum atomic E-state index is 11.1. The molecule has 7 heteroatoms. The molecule has 0 aromatic heterocycles. The molecule has 1 saturated heterocycles. The number of phenolic OH excluding ortho intramolecular Hbond substituents is 2. The quantitative estimate of drug-likeness (QED) is 0.622. The number of methoxy groups -OCH3 is 2. The molecule has 0 radical (unpaired) electrons. The van der Waals surface area contributed by atoms with Crippen LogP contribution in [0.2, 0.25) is 0 Å². The Labute approximate surface area is 170 Å². The molecule has 1 heterocycles. The van der Waals surface area contributed by atoms with E-state index in [1.807, 2.05) is 6.92 Å². The Kier molecular flexibility index (Phi) is 6.84. The van der Waals surface area contributed by atoms with Gasteiger partial charge in [0.1, 0.15) is 0 Å². The van der Waals surface area contributed by atoms with Crippen molar-refractivity contribution in [3.63, 3.8) is 0 Å². The Bertz CT molecular complexity index is 823. The zero-order chi connectivity index (χ0) is 21.0. The van der Waals surface area contributed by atoms with Gasteiger partial charge in [-0.25, -0.2) is 0 Å². The standard InChI is InChI=1S/C22H28O7/c1-4-29-22(14-6-8-18(24)20(10-14)27-3)16-12-28-11-15(16)21(25)13-5-7-17(23)19(9-13)26-2/h5-10,15-16,21-25H,4,11-12H2,1-3H3/t15-,16-,21-,22+/m1/s1. The largest absolute Gasteiger partial charge is 0.504 e. The van der Waals surface area contributed by atoms with E-state index in [2.05, 4.69) is 0 Å². The van der Waals surface area contributed by atoms with Crippen LogP contribution >= 0.6 is 0 Å². The van der Waals surface area contributed by atoms with Crippen LogP contribution in [0.5, 0.6) is 23.0 Å². The molecule has 0 saturated carbocycles. The molecule has 0 unspecified atom stereocenters. The minimum absolute atomic E-state index is 0.0195. The monoisotopic (exact) mass is 404 g/mol. The van der Waals surface area contributed by atoms with Gasteiger partial charge in [-0.15, -0.1) is 0 Å². The second-order valence-corrected chi connectivity index (χ2v) is 7.05. The van der Waals surface area contributed by atoms with Crippen LogP contribution in [-0.4, -0.2) is 49.4 Å². The van der Waals surface area contributed by atoms with E-state index in [0.717, 1.165) is 5.56 Å². The molecule has 0 aliphatic carbocycles. The normalized spacial score (nSPS) is 21.0. The summed E-state index contributed by atoms with van der Waals surface area (Å²) < 4.78 is 22.2. The molecule has 4 atom stereocenters. The lowest BCUT2D eigenvalue weighted by atomic mass is 9.81. The Hall–Kier alpha value is -2.48. The molecular formula is C22H28O7. The lowest BCUT2D eigenvalue weighted by Crippen LogP contribution is -2.28. The molecule has 0 spiro atoms. The molecule has 29 heavy (non-hydrogen) atoms. The summed E-state index contributed by atoms with van der Waals surface area (Å²) in [5, 5.41) is 30.8. The minimum Gasteiger partial charge on any atom is -0.504 e. The van der Waals surface area contributed by atoms with Crippen LogP contribution in [0, 0.1) is 11.8 Å². The van der Waals surface area contributed by atoms with Crippen molar-refractivity contribution in [2.45, 2.75) is 19.1 Å². The predicted molar refractivity (Wildman–Crippen MR) is 106 cm³/mol. The number of rotatable bonds is 8. The van der Waals surface area contributed by atoms with E-state index in [1.165, 1.54) is 20.3 Å². The van der Waals surface area contributed by atoms with Gasteiger partial charge in [0.25, 0.3) is 0 Å². The topological polar surface area (TPSA) is 97.6 Å². The second-order valence-electron chi connectivity index (χ2n) is 7.05. The number of ether oxygens (including phenoxy) is 4. The molecular weight excluding hydrogens is 376 g/mol. The first kappa shape index (κ1) is 21.2. The maximum absolute atomic E-state index is 11.1. The lowest BCUT2D eigenvalue weighted by molar-refractivity contribution is -0.0179. The van der Waals surface area contributed by atoms with Crippen molar-refractivity contribution in [2.24, 2.45) is 11.8 Å². The average molecular weight is 404 g/mol. The van der Waals surface area contributed by atoms with E-state index < -0.39 is 6.10 Å². The number of hydrogen-bond donors (Lipinski definition) is 3. The van der Waals surface area contributed by atoms with Crippen LogP contribution in [0.3, 0.4) is 0 Å². The highest BCUT2D eigenvalue weighted by Crippen LogP contribution is 2.44. The summed E-state index contributed by atoms with van der Waals surface area (Å²) in [5.74, 6) is 0.417. The van der Waals surface area contributed by atoms with Crippen molar-refractivity contribution in [3.8, 4) is 23.0 Å². The van der Waals surface area contributed by atoms with Crippen molar-refractivity contribution in [3.05, 3.63) is 47.5 Å². The van der Waals surface area contributed by atoms with Crippen molar-refractivity contribution in [2.75, 3.05) is 34.0 Å². The maximum Gasteiger partial charge on any atom is 0.160 e. The summed E-state index contributed by atoms with van der Waals surface area (Å²) in [6.07, 6.45) is -1.16. The van der Waals surface area contributed by atoms with E-state index in [-0.39, 0.29) is 29.4 Å². The fourth-order valence-electron chi connectivity index (χ4n) is 3.87. The first-order valence-electron chi connectivity index (χ1n) is 9.61. The van der Waals surface area contributed by atoms with Crippen LogP contribution in [-0.2, 0) is 9.47 Å². The summed E-state index contributed by atoms with van der Waals surface area (Å²) in [7, 11) is 2.97. The van der Waals surface area contributed by atoms with Crippen LogP contribution in [0.4, 0.5) is 0 Å². The van der Waals surface area contributed by atoms with Gasteiger partial charge in [0.15, 0.2) is 23.0 Å². The van der Waals surface area contributed by atoms with Crippen molar-refractivity contribution in [1.29, 1.82) is 0 Å². The summed E-state index contributed by atoms with van der Waals surface area (Å²) >= 11 is 0. The van der Waals surface area contributed by atoms with Gasteiger partial charge in [0.2, 0.25) is 0 Å². The van der Waals surface area contributed by atoms with E-state index in [4.69, 9.17) is 18.9 Å². The summed E-state index contributed by atoms with van der Waals surface area (Å²) in [4.78, 5) is 0. The SMILES string of the molecule is CCO[C@@H](c1ccc(O)c(OC)c1)[C@@H]1COC[C@H]1[C@H](O)c1ccc(O)c(OC)c1. The van der Waals surface area contributed by atoms with Gasteiger partial charge in [0, 0.05) is 18.4 Å². The summed E-state index contributed by atoms with van der Waals surface area (Å²) in [6, 6.07) is 9.94. The number of aliphatic hydroxyl groups is 1. The molecule has 2 aromatic carbocycles. The predicted octanol–water partition coefficient (Wildman–Crippen LogP) is 3.19. The first-order valence-corrected chi connectivity index (χ1v) is 9.61. The Balaban J connectivity index is 1.90. The Morgan fingerprint density at radius 3 is 2.07 bits per heavy atom. The van der Waals surface area contributed by atoms with Crippen LogP contribution < -0.4 is 9.47 Å². The molecule has 1 fully saturated rings. The summed E-state index contributed by atoms with van der Waals surface area (Å²) in [6.45, 7) is 3.22. The fraction of sp³-hybridized carbons (Fsp3) is 0.455. The van der Waals surface area contributed by atoms with Crippen LogP contribution in [0.1, 0.15) is 30.3 Å². The van der Waals surface area contributed by atoms with E-state index in [0.29, 0.717) is 36.9 Å². The lowest BCUT2D eigenvalue weighted by Gasteiger charge is -2.30. The van der Waals surface area contributed by atoms with Gasteiger partial charge in [-0.1, -0.05) is 12.1 Å². The molecule has 3 rings (SSSR count). The molecule has 0 bridgehead atoms. The molecule has 2 aromatic rings. The third kappa shape index (κ3) is 4.42. The minimum atomic E-state index is -0.820. The van der Waals surface area contributed by atoms with Gasteiger partial charge in [-0.05, 0) is 42.3 Å². The molecule has 7 nitrogen and oxygen atoms in total. The average Bonchev–Trinajstić information content (AvgIpc) is 3.22. The van der Waals surface area contributed by atoms with Gasteiger partial charge in [0.05, 0.1) is 39.6 Å². The zero-order valence-corrected chi connectivity index (χ0v) is 16.9. The highest BCUT2D eigenvalue weighted by atomic mass is 16.5. The van der Waals surface area contributed by atoms with Gasteiger partial charge < -0.3 is 34.3 Å². The van der Waals surface area contributed by atoms with Crippen LogP contribution in [0.25, 0.3) is 0 Å². The van der Waals surface area contributed by atoms with E-state index >= 15 is 0 Å². The number of benzene rings is 2. The zero-order valence-electron chi connectivity index (χ0n) is 16.9. The number of phenols is 2. The van der Waals surface area contributed by atoms with Crippen molar-refractivity contribution >= 4 is 0 Å². The molecule has 3 N–H and O–H groups in total. The molecule has 1 aliphatic heterocycles. The number of hydrogen-bond acceptors (Lipinski definition) is 7. The van der Waals surface area contributed by atoms with Gasteiger partial charge in [-0.3, -0.25) is 0 Å². The third-order valence-corrected chi connectivity index (χ3v) is 5.39. The third-order valence-electron chi connectivity index (χ3n) is 5.39. The van der Waals surface area contributed by atoms with Crippen molar-refractivity contribution < 1.29 is 34.3 Å². The number of aliphatic hydroxyl groups excluding tert-OH is 1. The first-order chi connectivity index (χ1) is 14.0. The highest BCUT2D eigenvalue weighted by molar-refractivity contribution is 5.44. The second kappa shape index (κ2) is 9.35. The smallest absolute Gasteiger partial charge is 0.160 e. The Morgan fingerprint density at radius 1 is 0.931 bits per heavy atom. The molecule has 0 amide bonds. The fourth-order valence-corrected chi connectivity index (χ4v) is 3.87. The van der Waals surface area contributed by atoms with Gasteiger partial charge in [-0.2, -0.15) is 0 Å². The molecule has 158 valence electrons. The van der Waals surface area contributed by atoms with Crippen LogP contribution in [0.15, 0.2) is 36.4 Å². The van der Waals surface area contributed by atoms with Gasteiger partial charge >= 0.3 is 0 Å². The van der Waals surface area contributed by atoms with E-state index in [9.17, 15) is 15.3 Å². The molecule has 1 aliphatic rings. The highest BCUT2D eigenvalue weighted by Gasteiger charge is 2.41. The van der Waals surface area contributed by atoms with Crippen molar-refractivity contribution in [1.82, 2.24) is 0 Å². The van der Waals surface area contributed by atoms with E-state index in [1.54, 1.807) is 30.3 Å².